The van der Waals surface area contributed by atoms with Gasteiger partial charge >= 0.3 is 6.09 Å². The Bertz CT molecular complexity index is 549. The molecule has 1 atom stereocenters. The highest BCUT2D eigenvalue weighted by Crippen LogP contribution is 2.17. The van der Waals surface area contributed by atoms with Crippen LogP contribution in [0.1, 0.15) is 39.2 Å². The standard InChI is InChI=1S/C19H29ClN2O3/c1-19(2,3)25-18(24)22-10-8-16(9-11-22)21-17(13-23)12-14-4-6-15(20)7-5-14/h4-7,16-17,21,23H,8-13H2,1-3H3. The van der Waals surface area contributed by atoms with Crippen molar-refractivity contribution in [3.63, 3.8) is 0 Å². The molecule has 6 heteroatoms. The second-order valence-corrected chi connectivity index (χ2v) is 8.05. The molecule has 0 aromatic heterocycles. The maximum atomic E-state index is 12.1. The number of hydrogen-bond donors (Lipinski definition) is 2. The van der Waals surface area contributed by atoms with Gasteiger partial charge in [-0.25, -0.2) is 4.79 Å². The Hall–Kier alpha value is -1.30. The summed E-state index contributed by atoms with van der Waals surface area (Å²) >= 11 is 5.91. The summed E-state index contributed by atoms with van der Waals surface area (Å²) in [5, 5.41) is 13.9. The Kier molecular flexibility index (Phi) is 7.11. The molecule has 1 fully saturated rings. The molecular weight excluding hydrogens is 340 g/mol. The van der Waals surface area contributed by atoms with Crippen LogP contribution in [0.3, 0.4) is 0 Å². The zero-order chi connectivity index (χ0) is 18.4. The number of amides is 1. The van der Waals surface area contributed by atoms with Gasteiger partial charge in [-0.05, 0) is 57.7 Å². The first kappa shape index (κ1) is 20.0. The third kappa shape index (κ3) is 6.84. The molecule has 25 heavy (non-hydrogen) atoms. The summed E-state index contributed by atoms with van der Waals surface area (Å²) in [6.07, 6.45) is 2.22. The number of benzene rings is 1. The molecule has 140 valence electrons. The van der Waals surface area contributed by atoms with Gasteiger partial charge in [0.2, 0.25) is 0 Å². The van der Waals surface area contributed by atoms with E-state index in [0.29, 0.717) is 24.2 Å². The van der Waals surface area contributed by atoms with Crippen LogP contribution in [0.5, 0.6) is 0 Å². The number of ether oxygens (including phenoxy) is 1. The van der Waals surface area contributed by atoms with Crippen LogP contribution >= 0.6 is 11.6 Å². The predicted octanol–water partition coefficient (Wildman–Crippen LogP) is 3.23. The van der Waals surface area contributed by atoms with Crippen molar-refractivity contribution >= 4 is 17.7 Å². The number of rotatable bonds is 5. The number of carbonyl (C=O) groups is 1. The molecule has 1 aliphatic heterocycles. The van der Waals surface area contributed by atoms with E-state index in [4.69, 9.17) is 16.3 Å². The molecule has 1 aliphatic rings. The second-order valence-electron chi connectivity index (χ2n) is 7.62. The molecule has 1 aromatic rings. The van der Waals surface area contributed by atoms with Crippen molar-refractivity contribution in [3.05, 3.63) is 34.9 Å². The maximum Gasteiger partial charge on any atom is 0.410 e. The lowest BCUT2D eigenvalue weighted by Gasteiger charge is -2.35. The summed E-state index contributed by atoms with van der Waals surface area (Å²) in [5.74, 6) is 0. The minimum Gasteiger partial charge on any atom is -0.444 e. The third-order valence-electron chi connectivity index (χ3n) is 4.23. The maximum absolute atomic E-state index is 12.1. The van der Waals surface area contributed by atoms with Crippen molar-refractivity contribution in [2.75, 3.05) is 19.7 Å². The lowest BCUT2D eigenvalue weighted by atomic mass is 10.0. The van der Waals surface area contributed by atoms with Gasteiger partial charge in [0.25, 0.3) is 0 Å². The van der Waals surface area contributed by atoms with Gasteiger partial charge in [0, 0.05) is 30.2 Å². The summed E-state index contributed by atoms with van der Waals surface area (Å²) < 4.78 is 5.42. The number of carbonyl (C=O) groups excluding carboxylic acids is 1. The van der Waals surface area contributed by atoms with E-state index in [0.717, 1.165) is 24.8 Å². The van der Waals surface area contributed by atoms with Crippen molar-refractivity contribution < 1.29 is 14.6 Å². The first-order chi connectivity index (χ1) is 11.8. The number of piperidine rings is 1. The average Bonchev–Trinajstić information content (AvgIpc) is 2.55. The van der Waals surface area contributed by atoms with E-state index >= 15 is 0 Å². The minimum absolute atomic E-state index is 0.000692. The van der Waals surface area contributed by atoms with Crippen LogP contribution in [-0.2, 0) is 11.2 Å². The van der Waals surface area contributed by atoms with Gasteiger partial charge in [-0.15, -0.1) is 0 Å². The first-order valence-corrected chi connectivity index (χ1v) is 9.24. The molecule has 2 rings (SSSR count). The smallest absolute Gasteiger partial charge is 0.410 e. The Labute approximate surface area is 155 Å². The molecule has 1 unspecified atom stereocenters. The van der Waals surface area contributed by atoms with Gasteiger partial charge in [-0.2, -0.15) is 0 Å². The zero-order valence-corrected chi connectivity index (χ0v) is 16.1. The quantitative estimate of drug-likeness (QED) is 0.837. The van der Waals surface area contributed by atoms with E-state index in [2.05, 4.69) is 5.32 Å². The minimum atomic E-state index is -0.466. The van der Waals surface area contributed by atoms with Crippen LogP contribution in [0.15, 0.2) is 24.3 Å². The normalized spacial score (nSPS) is 17.4. The lowest BCUT2D eigenvalue weighted by Crippen LogP contribution is -2.50. The van der Waals surface area contributed by atoms with Crippen LogP contribution in [0.4, 0.5) is 4.79 Å². The number of nitrogens with one attached hydrogen (secondary N) is 1. The third-order valence-corrected chi connectivity index (χ3v) is 4.49. The van der Waals surface area contributed by atoms with E-state index < -0.39 is 5.60 Å². The van der Waals surface area contributed by atoms with E-state index in [-0.39, 0.29) is 18.7 Å². The summed E-state index contributed by atoms with van der Waals surface area (Å²) in [6.45, 7) is 7.05. The van der Waals surface area contributed by atoms with Crippen molar-refractivity contribution in [1.82, 2.24) is 10.2 Å². The SMILES string of the molecule is CC(C)(C)OC(=O)N1CCC(NC(CO)Cc2ccc(Cl)cc2)CC1. The highest BCUT2D eigenvalue weighted by atomic mass is 35.5. The largest absolute Gasteiger partial charge is 0.444 e. The monoisotopic (exact) mass is 368 g/mol. The fourth-order valence-corrected chi connectivity index (χ4v) is 3.10. The number of aliphatic hydroxyl groups excluding tert-OH is 1. The van der Waals surface area contributed by atoms with Crippen LogP contribution < -0.4 is 5.32 Å². The highest BCUT2D eigenvalue weighted by molar-refractivity contribution is 6.30. The molecule has 0 saturated carbocycles. The van der Waals surface area contributed by atoms with Gasteiger partial charge in [0.1, 0.15) is 5.60 Å². The molecule has 0 radical (unpaired) electrons. The van der Waals surface area contributed by atoms with E-state index in [1.54, 1.807) is 4.90 Å². The molecule has 0 spiro atoms. The van der Waals surface area contributed by atoms with Crippen molar-refractivity contribution in [1.29, 1.82) is 0 Å². The van der Waals surface area contributed by atoms with Crippen LogP contribution in [0.25, 0.3) is 0 Å². The Morgan fingerprint density at radius 2 is 1.92 bits per heavy atom. The predicted molar refractivity (Wildman–Crippen MR) is 100.0 cm³/mol. The summed E-state index contributed by atoms with van der Waals surface area (Å²) in [7, 11) is 0. The molecule has 0 bridgehead atoms. The van der Waals surface area contributed by atoms with Gasteiger partial charge < -0.3 is 20.1 Å². The molecule has 1 heterocycles. The number of halogens is 1. The van der Waals surface area contributed by atoms with Crippen LogP contribution in [0, 0.1) is 0 Å². The number of likely N-dealkylation sites (tertiary alicyclic amines) is 1. The van der Waals surface area contributed by atoms with Gasteiger partial charge in [0.05, 0.1) is 6.61 Å². The highest BCUT2D eigenvalue weighted by Gasteiger charge is 2.27. The topological polar surface area (TPSA) is 61.8 Å². The molecule has 1 aromatic carbocycles. The number of hydrogen-bond acceptors (Lipinski definition) is 4. The molecule has 5 nitrogen and oxygen atoms in total. The fourth-order valence-electron chi connectivity index (χ4n) is 2.97. The molecule has 1 saturated heterocycles. The summed E-state index contributed by atoms with van der Waals surface area (Å²) in [6, 6.07) is 7.99. The molecule has 0 aliphatic carbocycles. The Morgan fingerprint density at radius 3 is 2.44 bits per heavy atom. The van der Waals surface area contributed by atoms with Crippen LogP contribution in [0.2, 0.25) is 5.02 Å². The van der Waals surface area contributed by atoms with Gasteiger partial charge in [0.15, 0.2) is 0 Å². The van der Waals surface area contributed by atoms with E-state index in [1.807, 2.05) is 45.0 Å². The Morgan fingerprint density at radius 1 is 1.32 bits per heavy atom. The van der Waals surface area contributed by atoms with E-state index in [1.165, 1.54) is 0 Å². The van der Waals surface area contributed by atoms with E-state index in [9.17, 15) is 9.90 Å². The van der Waals surface area contributed by atoms with Crippen molar-refractivity contribution in [3.8, 4) is 0 Å². The molecular formula is C19H29ClN2O3. The van der Waals surface area contributed by atoms with Crippen molar-refractivity contribution in [2.24, 2.45) is 0 Å². The summed E-state index contributed by atoms with van der Waals surface area (Å²) in [4.78, 5) is 13.9. The zero-order valence-electron chi connectivity index (χ0n) is 15.3. The number of nitrogens with zero attached hydrogens (tertiary/aromatic N) is 1. The van der Waals surface area contributed by atoms with Crippen LogP contribution in [-0.4, -0.2) is 53.5 Å². The first-order valence-electron chi connectivity index (χ1n) is 8.86. The van der Waals surface area contributed by atoms with Gasteiger partial charge in [-0.3, -0.25) is 0 Å². The molecule has 2 N–H and O–H groups in total. The second kappa shape index (κ2) is 8.88. The summed E-state index contributed by atoms with van der Waals surface area (Å²) in [5.41, 5.74) is 0.675. The Balaban J connectivity index is 1.79. The number of aliphatic hydroxyl groups is 1. The van der Waals surface area contributed by atoms with Gasteiger partial charge in [-0.1, -0.05) is 23.7 Å². The van der Waals surface area contributed by atoms with Crippen molar-refractivity contribution in [2.45, 2.75) is 57.7 Å². The fraction of sp³-hybridized carbons (Fsp3) is 0.632. The lowest BCUT2D eigenvalue weighted by molar-refractivity contribution is 0.0193. The average molecular weight is 369 g/mol. The molecule has 1 amide bonds.